The SMILES string of the molecule is CCc1noc(CC)c1CNC(=NC)NCCc1nc(-c2cccc(Cl)c2)no1. The molecule has 0 aliphatic rings. The van der Waals surface area contributed by atoms with Gasteiger partial charge in [-0.15, -0.1) is 0 Å². The largest absolute Gasteiger partial charge is 0.361 e. The van der Waals surface area contributed by atoms with Crippen LogP contribution in [-0.4, -0.2) is 34.8 Å². The number of hydrogen-bond donors (Lipinski definition) is 2. The summed E-state index contributed by atoms with van der Waals surface area (Å²) in [5.74, 6) is 2.66. The molecule has 0 radical (unpaired) electrons. The van der Waals surface area contributed by atoms with Crippen LogP contribution < -0.4 is 10.6 Å². The third kappa shape index (κ3) is 5.35. The number of guanidine groups is 1. The molecule has 0 bridgehead atoms. The van der Waals surface area contributed by atoms with Crippen molar-refractivity contribution in [3.05, 3.63) is 52.2 Å². The fourth-order valence-corrected chi connectivity index (χ4v) is 3.11. The maximum absolute atomic E-state index is 6.01. The van der Waals surface area contributed by atoms with Crippen molar-refractivity contribution in [2.75, 3.05) is 13.6 Å². The van der Waals surface area contributed by atoms with Crippen LogP contribution in [0.5, 0.6) is 0 Å². The first-order valence-corrected chi connectivity index (χ1v) is 10.0. The van der Waals surface area contributed by atoms with E-state index >= 15 is 0 Å². The highest BCUT2D eigenvalue weighted by molar-refractivity contribution is 6.30. The van der Waals surface area contributed by atoms with E-state index in [-0.39, 0.29) is 0 Å². The molecule has 0 saturated carbocycles. The summed E-state index contributed by atoms with van der Waals surface area (Å²) >= 11 is 6.01. The van der Waals surface area contributed by atoms with Crippen molar-refractivity contribution in [1.29, 1.82) is 0 Å². The molecule has 3 aromatic rings. The second kappa shape index (κ2) is 10.1. The summed E-state index contributed by atoms with van der Waals surface area (Å²) in [5, 5.41) is 15.3. The smallest absolute Gasteiger partial charge is 0.228 e. The average molecular weight is 417 g/mol. The second-order valence-corrected chi connectivity index (χ2v) is 6.80. The van der Waals surface area contributed by atoms with Gasteiger partial charge in [-0.2, -0.15) is 4.98 Å². The van der Waals surface area contributed by atoms with Gasteiger partial charge in [0, 0.05) is 49.1 Å². The maximum Gasteiger partial charge on any atom is 0.228 e. The monoisotopic (exact) mass is 416 g/mol. The topological polar surface area (TPSA) is 101 Å². The van der Waals surface area contributed by atoms with Gasteiger partial charge in [-0.25, -0.2) is 0 Å². The van der Waals surface area contributed by atoms with Crippen LogP contribution in [0.25, 0.3) is 11.4 Å². The summed E-state index contributed by atoms with van der Waals surface area (Å²) in [4.78, 5) is 8.67. The third-order valence-electron chi connectivity index (χ3n) is 4.45. The van der Waals surface area contributed by atoms with E-state index in [4.69, 9.17) is 20.6 Å². The number of nitrogens with one attached hydrogen (secondary N) is 2. The number of nitrogens with zero attached hydrogens (tertiary/aromatic N) is 4. The van der Waals surface area contributed by atoms with Crippen LogP contribution >= 0.6 is 11.6 Å². The molecule has 9 heteroatoms. The lowest BCUT2D eigenvalue weighted by Gasteiger charge is -2.11. The van der Waals surface area contributed by atoms with E-state index in [1.165, 1.54) is 0 Å². The van der Waals surface area contributed by atoms with E-state index in [0.717, 1.165) is 35.4 Å². The summed E-state index contributed by atoms with van der Waals surface area (Å²) < 4.78 is 10.7. The van der Waals surface area contributed by atoms with Gasteiger partial charge in [0.1, 0.15) is 5.76 Å². The van der Waals surface area contributed by atoms with Crippen molar-refractivity contribution in [2.24, 2.45) is 4.99 Å². The highest BCUT2D eigenvalue weighted by atomic mass is 35.5. The number of aryl methyl sites for hydroxylation is 2. The van der Waals surface area contributed by atoms with Gasteiger partial charge < -0.3 is 19.7 Å². The predicted molar refractivity (Wildman–Crippen MR) is 112 cm³/mol. The first-order valence-electron chi connectivity index (χ1n) is 9.63. The van der Waals surface area contributed by atoms with Crippen molar-refractivity contribution in [1.82, 2.24) is 25.9 Å². The van der Waals surface area contributed by atoms with Gasteiger partial charge in [0.15, 0.2) is 5.96 Å². The lowest BCUT2D eigenvalue weighted by molar-refractivity contribution is 0.378. The van der Waals surface area contributed by atoms with E-state index in [2.05, 4.69) is 44.8 Å². The van der Waals surface area contributed by atoms with Gasteiger partial charge >= 0.3 is 0 Å². The number of benzene rings is 1. The molecular formula is C20H25ClN6O2. The summed E-state index contributed by atoms with van der Waals surface area (Å²) in [5.41, 5.74) is 2.90. The van der Waals surface area contributed by atoms with Gasteiger partial charge in [-0.1, -0.05) is 47.9 Å². The molecular weight excluding hydrogens is 392 g/mol. The highest BCUT2D eigenvalue weighted by Crippen LogP contribution is 2.20. The summed E-state index contributed by atoms with van der Waals surface area (Å²) in [6.07, 6.45) is 2.21. The van der Waals surface area contributed by atoms with Crippen LogP contribution in [0.4, 0.5) is 0 Å². The van der Waals surface area contributed by atoms with E-state index in [1.807, 2.05) is 12.1 Å². The first-order chi connectivity index (χ1) is 14.1. The quantitative estimate of drug-likeness (QED) is 0.428. The molecule has 8 nitrogen and oxygen atoms in total. The molecule has 0 amide bonds. The lowest BCUT2D eigenvalue weighted by atomic mass is 10.1. The van der Waals surface area contributed by atoms with Gasteiger partial charge in [-0.05, 0) is 18.6 Å². The van der Waals surface area contributed by atoms with Crippen molar-refractivity contribution in [3.8, 4) is 11.4 Å². The van der Waals surface area contributed by atoms with Gasteiger partial charge in [0.25, 0.3) is 0 Å². The van der Waals surface area contributed by atoms with E-state index in [0.29, 0.717) is 42.2 Å². The van der Waals surface area contributed by atoms with Crippen LogP contribution in [0.1, 0.15) is 36.8 Å². The average Bonchev–Trinajstić information content (AvgIpc) is 3.37. The molecule has 0 saturated heterocycles. The second-order valence-electron chi connectivity index (χ2n) is 6.36. The number of hydrogen-bond acceptors (Lipinski definition) is 6. The van der Waals surface area contributed by atoms with Crippen LogP contribution in [0, 0.1) is 0 Å². The number of rotatable bonds is 8. The standard InChI is InChI=1S/C20H25ClN6O2/c1-4-16-15(17(5-2)28-26-16)12-24-20(22-3)23-10-9-18-25-19(27-29-18)13-7-6-8-14(21)11-13/h6-8,11H,4-5,9-10,12H2,1-3H3,(H2,22,23,24). The molecule has 0 aliphatic heterocycles. The Hall–Kier alpha value is -2.87. The third-order valence-corrected chi connectivity index (χ3v) is 4.68. The zero-order valence-corrected chi connectivity index (χ0v) is 17.6. The summed E-state index contributed by atoms with van der Waals surface area (Å²) in [7, 11) is 1.73. The molecule has 0 atom stereocenters. The zero-order chi connectivity index (χ0) is 20.6. The highest BCUT2D eigenvalue weighted by Gasteiger charge is 2.14. The Morgan fingerprint density at radius 1 is 1.14 bits per heavy atom. The molecule has 29 heavy (non-hydrogen) atoms. The number of aromatic nitrogens is 3. The molecule has 0 unspecified atom stereocenters. The van der Waals surface area contributed by atoms with Gasteiger partial charge in [0.2, 0.25) is 11.7 Å². The van der Waals surface area contributed by atoms with E-state index in [9.17, 15) is 0 Å². The summed E-state index contributed by atoms with van der Waals surface area (Å²) in [6.45, 7) is 5.32. The molecule has 2 aromatic heterocycles. The Bertz CT molecular complexity index is 944. The van der Waals surface area contributed by atoms with Crippen LogP contribution in [0.3, 0.4) is 0 Å². The molecule has 1 aromatic carbocycles. The van der Waals surface area contributed by atoms with E-state index in [1.54, 1.807) is 19.2 Å². The molecule has 3 rings (SSSR count). The van der Waals surface area contributed by atoms with Crippen molar-refractivity contribution in [2.45, 2.75) is 39.7 Å². The zero-order valence-electron chi connectivity index (χ0n) is 16.8. The van der Waals surface area contributed by atoms with Crippen molar-refractivity contribution < 1.29 is 9.05 Å². The fourth-order valence-electron chi connectivity index (χ4n) is 2.92. The van der Waals surface area contributed by atoms with Crippen LogP contribution in [0.2, 0.25) is 5.02 Å². The van der Waals surface area contributed by atoms with Gasteiger partial charge in [0.05, 0.1) is 5.69 Å². The molecule has 2 heterocycles. The molecule has 2 N–H and O–H groups in total. The first kappa shape index (κ1) is 20.9. The van der Waals surface area contributed by atoms with E-state index < -0.39 is 0 Å². The normalized spacial score (nSPS) is 11.7. The Balaban J connectivity index is 1.51. The molecule has 0 spiro atoms. The minimum atomic E-state index is 0.525. The Morgan fingerprint density at radius 2 is 2.00 bits per heavy atom. The maximum atomic E-state index is 6.01. The van der Waals surface area contributed by atoms with Crippen LogP contribution in [0.15, 0.2) is 38.3 Å². The summed E-state index contributed by atoms with van der Waals surface area (Å²) in [6, 6.07) is 7.36. The number of halogens is 1. The Labute approximate surface area is 174 Å². The molecule has 0 aliphatic carbocycles. The van der Waals surface area contributed by atoms with Crippen LogP contribution in [-0.2, 0) is 25.8 Å². The minimum Gasteiger partial charge on any atom is -0.361 e. The Kier molecular flexibility index (Phi) is 7.24. The molecule has 154 valence electrons. The predicted octanol–water partition coefficient (Wildman–Crippen LogP) is 3.41. The number of aliphatic imine (C=N–C) groups is 1. The minimum absolute atomic E-state index is 0.525. The van der Waals surface area contributed by atoms with Gasteiger partial charge in [-0.3, -0.25) is 4.99 Å². The fraction of sp³-hybridized carbons (Fsp3) is 0.400. The van der Waals surface area contributed by atoms with Crippen molar-refractivity contribution in [3.63, 3.8) is 0 Å². The Morgan fingerprint density at radius 3 is 2.72 bits per heavy atom. The van der Waals surface area contributed by atoms with Crippen molar-refractivity contribution >= 4 is 17.6 Å². The molecule has 0 fully saturated rings. The lowest BCUT2D eigenvalue weighted by Crippen LogP contribution is -2.38.